The summed E-state index contributed by atoms with van der Waals surface area (Å²) in [5, 5.41) is 47.5. The number of hydrogen-bond donors (Lipinski definition) is 5. The maximum absolute atomic E-state index is 11.0. The SMILES string of the molecule is COc1cc(CCO[C@@H]2O[C@H](C(=O)O)[C@@H](O)[C@H](O)[C@H]2O)ccc1O. The number of aliphatic hydroxyl groups is 3. The van der Waals surface area contributed by atoms with E-state index in [-0.39, 0.29) is 12.4 Å². The van der Waals surface area contributed by atoms with Gasteiger partial charge in [-0.2, -0.15) is 0 Å². The normalized spacial score (nSPS) is 30.1. The molecule has 1 aromatic rings. The molecule has 9 nitrogen and oxygen atoms in total. The Labute approximate surface area is 137 Å². The minimum absolute atomic E-state index is 0.00499. The van der Waals surface area contributed by atoms with Gasteiger partial charge < -0.3 is 39.7 Å². The van der Waals surface area contributed by atoms with Crippen molar-refractivity contribution in [1.82, 2.24) is 0 Å². The summed E-state index contributed by atoms with van der Waals surface area (Å²) in [6.45, 7) is 0.0464. The smallest absolute Gasteiger partial charge is 0.335 e. The second-order valence-electron chi connectivity index (χ2n) is 5.36. The third-order valence-corrected chi connectivity index (χ3v) is 3.73. The van der Waals surface area contributed by atoms with Crippen LogP contribution in [0, 0.1) is 0 Å². The summed E-state index contributed by atoms with van der Waals surface area (Å²) < 4.78 is 15.3. The van der Waals surface area contributed by atoms with E-state index in [4.69, 9.17) is 19.3 Å². The number of methoxy groups -OCH3 is 1. The standard InChI is InChI=1S/C15H20O9/c1-22-9-6-7(2-3-8(9)16)4-5-23-15-12(19)10(17)11(18)13(24-15)14(20)21/h2-3,6,10-13,15-19H,4-5H2,1H3,(H,20,21)/t10-,11-,12+,13-,15+/m0/s1. The van der Waals surface area contributed by atoms with Crippen molar-refractivity contribution in [3.63, 3.8) is 0 Å². The van der Waals surface area contributed by atoms with Crippen LogP contribution < -0.4 is 4.74 Å². The maximum Gasteiger partial charge on any atom is 0.335 e. The second kappa shape index (κ2) is 7.77. The van der Waals surface area contributed by atoms with Crippen LogP contribution in [0.2, 0.25) is 0 Å². The number of ether oxygens (including phenoxy) is 3. The number of carboxylic acid groups (broad SMARTS) is 1. The zero-order valence-electron chi connectivity index (χ0n) is 12.9. The molecule has 0 unspecified atom stereocenters. The van der Waals surface area contributed by atoms with Crippen LogP contribution in [0.1, 0.15) is 5.56 Å². The molecule has 1 saturated heterocycles. The molecule has 0 aliphatic carbocycles. The van der Waals surface area contributed by atoms with Crippen molar-refractivity contribution in [2.45, 2.75) is 37.1 Å². The Balaban J connectivity index is 1.94. The number of carbonyl (C=O) groups is 1. The van der Waals surface area contributed by atoms with Crippen LogP contribution in [-0.4, -0.2) is 75.9 Å². The third-order valence-electron chi connectivity index (χ3n) is 3.73. The Morgan fingerprint density at radius 2 is 1.92 bits per heavy atom. The van der Waals surface area contributed by atoms with Crippen molar-refractivity contribution in [1.29, 1.82) is 0 Å². The third kappa shape index (κ3) is 3.94. The average molecular weight is 344 g/mol. The summed E-state index contributed by atoms with van der Waals surface area (Å²) >= 11 is 0. The highest BCUT2D eigenvalue weighted by atomic mass is 16.7. The van der Waals surface area contributed by atoms with Gasteiger partial charge in [0.05, 0.1) is 13.7 Å². The van der Waals surface area contributed by atoms with Gasteiger partial charge in [0.25, 0.3) is 0 Å². The van der Waals surface area contributed by atoms with E-state index in [0.29, 0.717) is 12.2 Å². The second-order valence-corrected chi connectivity index (χ2v) is 5.36. The Morgan fingerprint density at radius 1 is 1.21 bits per heavy atom. The molecule has 5 N–H and O–H groups in total. The summed E-state index contributed by atoms with van der Waals surface area (Å²) in [6.07, 6.45) is -7.74. The Hall–Kier alpha value is -1.91. The number of phenolic OH excluding ortho intramolecular Hbond substituents is 1. The molecule has 1 fully saturated rings. The first-order chi connectivity index (χ1) is 11.3. The van der Waals surface area contributed by atoms with E-state index in [9.17, 15) is 25.2 Å². The van der Waals surface area contributed by atoms with Gasteiger partial charge in [-0.1, -0.05) is 6.07 Å². The van der Waals surface area contributed by atoms with Gasteiger partial charge in [-0.15, -0.1) is 0 Å². The molecule has 1 aromatic carbocycles. The average Bonchev–Trinajstić information content (AvgIpc) is 2.55. The van der Waals surface area contributed by atoms with Crippen molar-refractivity contribution >= 4 is 5.97 Å². The highest BCUT2D eigenvalue weighted by Crippen LogP contribution is 2.27. The van der Waals surface area contributed by atoms with E-state index in [0.717, 1.165) is 5.56 Å². The Morgan fingerprint density at radius 3 is 2.54 bits per heavy atom. The predicted octanol–water partition coefficient (Wildman–Crippen LogP) is -1.15. The first-order valence-electron chi connectivity index (χ1n) is 7.25. The van der Waals surface area contributed by atoms with Crippen molar-refractivity contribution < 1.29 is 44.5 Å². The van der Waals surface area contributed by atoms with E-state index in [2.05, 4.69) is 0 Å². The van der Waals surface area contributed by atoms with Crippen LogP contribution in [0.25, 0.3) is 0 Å². The molecule has 1 aliphatic heterocycles. The van der Waals surface area contributed by atoms with Gasteiger partial charge in [-0.3, -0.25) is 0 Å². The minimum atomic E-state index is -1.75. The molecule has 1 aliphatic rings. The summed E-state index contributed by atoms with van der Waals surface area (Å²) in [5.74, 6) is -1.18. The molecule has 0 radical (unpaired) electrons. The van der Waals surface area contributed by atoms with Crippen LogP contribution in [-0.2, 0) is 20.7 Å². The maximum atomic E-state index is 11.0. The highest BCUT2D eigenvalue weighted by Gasteiger charge is 2.47. The molecule has 2 rings (SSSR count). The largest absolute Gasteiger partial charge is 0.504 e. The van der Waals surface area contributed by atoms with Crippen LogP contribution >= 0.6 is 0 Å². The monoisotopic (exact) mass is 344 g/mol. The van der Waals surface area contributed by atoms with Crippen LogP contribution in [0.3, 0.4) is 0 Å². The van der Waals surface area contributed by atoms with Gasteiger partial charge in [-0.05, 0) is 24.1 Å². The number of aromatic hydroxyl groups is 1. The van der Waals surface area contributed by atoms with Gasteiger partial charge in [0.1, 0.15) is 18.3 Å². The molecule has 0 amide bonds. The van der Waals surface area contributed by atoms with Crippen LogP contribution in [0.4, 0.5) is 0 Å². The summed E-state index contributed by atoms with van der Waals surface area (Å²) in [7, 11) is 1.42. The van der Waals surface area contributed by atoms with Crippen molar-refractivity contribution in [3.05, 3.63) is 23.8 Å². The summed E-state index contributed by atoms with van der Waals surface area (Å²) in [6, 6.07) is 4.72. The molecule has 0 aromatic heterocycles. The number of benzene rings is 1. The lowest BCUT2D eigenvalue weighted by atomic mass is 9.99. The van der Waals surface area contributed by atoms with Gasteiger partial charge in [0, 0.05) is 0 Å². The fourth-order valence-electron chi connectivity index (χ4n) is 2.36. The molecule has 24 heavy (non-hydrogen) atoms. The Kier molecular flexibility index (Phi) is 5.97. The van der Waals surface area contributed by atoms with E-state index in [1.54, 1.807) is 12.1 Å². The quantitative estimate of drug-likeness (QED) is 0.432. The van der Waals surface area contributed by atoms with Crippen LogP contribution in [0.15, 0.2) is 18.2 Å². The van der Waals surface area contributed by atoms with Crippen molar-refractivity contribution in [3.8, 4) is 11.5 Å². The molecule has 134 valence electrons. The number of aliphatic carboxylic acids is 1. The first kappa shape index (κ1) is 18.4. The van der Waals surface area contributed by atoms with Gasteiger partial charge in [0.2, 0.25) is 0 Å². The summed E-state index contributed by atoms with van der Waals surface area (Å²) in [4.78, 5) is 11.0. The lowest BCUT2D eigenvalue weighted by Gasteiger charge is -2.38. The zero-order valence-corrected chi connectivity index (χ0v) is 12.9. The number of rotatable bonds is 6. The van der Waals surface area contributed by atoms with Crippen LogP contribution in [0.5, 0.6) is 11.5 Å². The predicted molar refractivity (Wildman–Crippen MR) is 78.6 cm³/mol. The molecule has 9 heteroatoms. The molecule has 5 atom stereocenters. The number of phenols is 1. The molecular formula is C15H20O9. The number of hydrogen-bond acceptors (Lipinski definition) is 8. The Bertz CT molecular complexity index is 576. The molecule has 0 saturated carbocycles. The van der Waals surface area contributed by atoms with E-state index >= 15 is 0 Å². The fourth-order valence-corrected chi connectivity index (χ4v) is 2.36. The lowest BCUT2D eigenvalue weighted by Crippen LogP contribution is -2.60. The van der Waals surface area contributed by atoms with Gasteiger partial charge >= 0.3 is 5.97 Å². The summed E-state index contributed by atoms with van der Waals surface area (Å²) in [5.41, 5.74) is 0.769. The van der Waals surface area contributed by atoms with Crippen molar-refractivity contribution in [2.75, 3.05) is 13.7 Å². The lowest BCUT2D eigenvalue weighted by molar-refractivity contribution is -0.293. The van der Waals surface area contributed by atoms with Crippen molar-refractivity contribution in [2.24, 2.45) is 0 Å². The fraction of sp³-hybridized carbons (Fsp3) is 0.533. The number of aliphatic hydroxyl groups excluding tert-OH is 3. The van der Waals surface area contributed by atoms with E-state index in [1.165, 1.54) is 13.2 Å². The van der Waals surface area contributed by atoms with Gasteiger partial charge in [0.15, 0.2) is 23.9 Å². The zero-order chi connectivity index (χ0) is 17.9. The van der Waals surface area contributed by atoms with Gasteiger partial charge in [-0.25, -0.2) is 4.79 Å². The molecular weight excluding hydrogens is 324 g/mol. The first-order valence-corrected chi connectivity index (χ1v) is 7.25. The number of carboxylic acids is 1. The topological polar surface area (TPSA) is 146 Å². The molecule has 0 spiro atoms. The highest BCUT2D eigenvalue weighted by molar-refractivity contribution is 5.73. The minimum Gasteiger partial charge on any atom is -0.504 e. The molecule has 0 bridgehead atoms. The van der Waals surface area contributed by atoms with E-state index < -0.39 is 36.7 Å². The van der Waals surface area contributed by atoms with E-state index in [1.807, 2.05) is 0 Å². The molecule has 1 heterocycles.